The van der Waals surface area contributed by atoms with E-state index >= 15 is 0 Å². The highest BCUT2D eigenvalue weighted by molar-refractivity contribution is 6.25. The Kier molecular flexibility index (Phi) is 2.72. The van der Waals surface area contributed by atoms with Crippen molar-refractivity contribution in [2.45, 2.75) is 31.7 Å². The van der Waals surface area contributed by atoms with Gasteiger partial charge < -0.3 is 0 Å². The molecule has 2 heteroatoms. The minimum atomic E-state index is 0.887. The lowest BCUT2D eigenvalue weighted by atomic mass is 10.1. The van der Waals surface area contributed by atoms with E-state index in [0.29, 0.717) is 0 Å². The second kappa shape index (κ2) is 3.80. The van der Waals surface area contributed by atoms with Crippen LogP contribution < -0.4 is 0 Å². The molecule has 1 aliphatic carbocycles. The molecular formula is C10H16ClN. The summed E-state index contributed by atoms with van der Waals surface area (Å²) in [6.45, 7) is 2.35. The lowest BCUT2D eigenvalue weighted by Gasteiger charge is -2.21. The zero-order chi connectivity index (χ0) is 8.39. The van der Waals surface area contributed by atoms with Crippen molar-refractivity contribution in [3.05, 3.63) is 11.6 Å². The van der Waals surface area contributed by atoms with Gasteiger partial charge >= 0.3 is 0 Å². The van der Waals surface area contributed by atoms with Crippen LogP contribution in [0.2, 0.25) is 0 Å². The van der Waals surface area contributed by atoms with Gasteiger partial charge in [0, 0.05) is 18.1 Å². The SMILES string of the molecule is Cl/C=C/CN1CCC2CCCC21. The van der Waals surface area contributed by atoms with E-state index < -0.39 is 0 Å². The van der Waals surface area contributed by atoms with Crippen molar-refractivity contribution in [2.75, 3.05) is 13.1 Å². The van der Waals surface area contributed by atoms with Crippen molar-refractivity contribution in [3.8, 4) is 0 Å². The quantitative estimate of drug-likeness (QED) is 0.640. The first-order valence-electron chi connectivity index (χ1n) is 4.91. The van der Waals surface area contributed by atoms with Crippen molar-refractivity contribution in [1.29, 1.82) is 0 Å². The summed E-state index contributed by atoms with van der Waals surface area (Å²) in [6, 6.07) is 0.887. The number of hydrogen-bond acceptors (Lipinski definition) is 1. The van der Waals surface area contributed by atoms with Gasteiger partial charge in [0.05, 0.1) is 0 Å². The molecule has 0 bridgehead atoms. The summed E-state index contributed by atoms with van der Waals surface area (Å²) in [5.74, 6) is 1.01. The zero-order valence-corrected chi connectivity index (χ0v) is 8.13. The lowest BCUT2D eigenvalue weighted by molar-refractivity contribution is 0.266. The first-order valence-corrected chi connectivity index (χ1v) is 5.34. The van der Waals surface area contributed by atoms with Crippen LogP contribution in [0.25, 0.3) is 0 Å². The van der Waals surface area contributed by atoms with Crippen molar-refractivity contribution in [2.24, 2.45) is 5.92 Å². The molecule has 1 aliphatic heterocycles. The maximum Gasteiger partial charge on any atom is 0.0177 e. The molecule has 68 valence electrons. The van der Waals surface area contributed by atoms with Crippen LogP contribution in [0, 0.1) is 5.92 Å². The highest BCUT2D eigenvalue weighted by Gasteiger charge is 2.36. The number of rotatable bonds is 2. The highest BCUT2D eigenvalue weighted by Crippen LogP contribution is 2.37. The van der Waals surface area contributed by atoms with Crippen LogP contribution in [0.3, 0.4) is 0 Å². The third kappa shape index (κ3) is 1.53. The Hall–Kier alpha value is -0.0100. The fraction of sp³-hybridized carbons (Fsp3) is 0.800. The molecule has 0 aromatic rings. The average Bonchev–Trinajstić information content (AvgIpc) is 2.62. The van der Waals surface area contributed by atoms with E-state index in [1.807, 2.05) is 0 Å². The fourth-order valence-electron chi connectivity index (χ4n) is 2.73. The molecule has 2 aliphatic rings. The van der Waals surface area contributed by atoms with Gasteiger partial charge in [-0.1, -0.05) is 24.1 Å². The van der Waals surface area contributed by atoms with E-state index in [1.165, 1.54) is 32.2 Å². The Morgan fingerprint density at radius 1 is 1.33 bits per heavy atom. The van der Waals surface area contributed by atoms with Gasteiger partial charge in [0.2, 0.25) is 0 Å². The lowest BCUT2D eigenvalue weighted by Crippen LogP contribution is -2.29. The van der Waals surface area contributed by atoms with Crippen molar-refractivity contribution in [1.82, 2.24) is 4.90 Å². The van der Waals surface area contributed by atoms with Gasteiger partial charge in [-0.05, 0) is 31.7 Å². The van der Waals surface area contributed by atoms with Crippen LogP contribution in [0.15, 0.2) is 11.6 Å². The van der Waals surface area contributed by atoms with Gasteiger partial charge in [-0.3, -0.25) is 4.90 Å². The largest absolute Gasteiger partial charge is 0.296 e. The number of hydrogen-bond donors (Lipinski definition) is 0. The summed E-state index contributed by atoms with van der Waals surface area (Å²) in [4.78, 5) is 2.58. The Labute approximate surface area is 79.4 Å². The summed E-state index contributed by atoms with van der Waals surface area (Å²) in [7, 11) is 0. The van der Waals surface area contributed by atoms with E-state index in [0.717, 1.165) is 18.5 Å². The second-order valence-corrected chi connectivity index (χ2v) is 4.16. The number of fused-ring (bicyclic) bond motifs is 1. The molecule has 1 nitrogen and oxygen atoms in total. The van der Waals surface area contributed by atoms with E-state index in [4.69, 9.17) is 11.6 Å². The van der Waals surface area contributed by atoms with E-state index in [-0.39, 0.29) is 0 Å². The molecule has 0 amide bonds. The van der Waals surface area contributed by atoms with Crippen LogP contribution in [-0.4, -0.2) is 24.0 Å². The molecule has 0 aromatic heterocycles. The Morgan fingerprint density at radius 2 is 2.25 bits per heavy atom. The molecule has 2 unspecified atom stereocenters. The fourth-order valence-corrected chi connectivity index (χ4v) is 2.81. The summed E-state index contributed by atoms with van der Waals surface area (Å²) in [5.41, 5.74) is 1.64. The monoisotopic (exact) mass is 185 g/mol. The Balaban J connectivity index is 1.90. The third-order valence-electron chi connectivity index (χ3n) is 3.30. The third-order valence-corrected chi connectivity index (χ3v) is 3.48. The topological polar surface area (TPSA) is 3.24 Å². The molecule has 2 atom stereocenters. The zero-order valence-electron chi connectivity index (χ0n) is 7.38. The number of likely N-dealkylation sites (tertiary alicyclic amines) is 1. The van der Waals surface area contributed by atoms with Crippen molar-refractivity contribution < 1.29 is 0 Å². The predicted molar refractivity (Wildman–Crippen MR) is 52.3 cm³/mol. The van der Waals surface area contributed by atoms with Gasteiger partial charge in [0.15, 0.2) is 0 Å². The van der Waals surface area contributed by atoms with Crippen LogP contribution in [0.4, 0.5) is 0 Å². The van der Waals surface area contributed by atoms with E-state index in [2.05, 4.69) is 11.0 Å². The number of nitrogens with zero attached hydrogens (tertiary/aromatic N) is 1. The van der Waals surface area contributed by atoms with Crippen LogP contribution in [0.5, 0.6) is 0 Å². The van der Waals surface area contributed by atoms with E-state index in [1.54, 1.807) is 5.54 Å². The van der Waals surface area contributed by atoms with Gasteiger partial charge in [-0.25, -0.2) is 0 Å². The molecule has 0 spiro atoms. The predicted octanol–water partition coefficient (Wildman–Crippen LogP) is 2.61. The maximum absolute atomic E-state index is 5.52. The molecule has 2 rings (SSSR count). The molecule has 0 N–H and O–H groups in total. The molecule has 0 radical (unpaired) electrons. The van der Waals surface area contributed by atoms with Crippen molar-refractivity contribution in [3.63, 3.8) is 0 Å². The summed E-state index contributed by atoms with van der Waals surface area (Å²) < 4.78 is 0. The molecule has 1 saturated carbocycles. The smallest absolute Gasteiger partial charge is 0.0177 e. The Morgan fingerprint density at radius 3 is 3.08 bits per heavy atom. The maximum atomic E-state index is 5.52. The summed E-state index contributed by atoms with van der Waals surface area (Å²) >= 11 is 5.52. The average molecular weight is 186 g/mol. The molecule has 0 aromatic carbocycles. The molecule has 1 heterocycles. The normalized spacial score (nSPS) is 36.4. The molecule has 12 heavy (non-hydrogen) atoms. The van der Waals surface area contributed by atoms with Gasteiger partial charge in [-0.15, -0.1) is 0 Å². The first-order chi connectivity index (χ1) is 5.92. The highest BCUT2D eigenvalue weighted by atomic mass is 35.5. The number of halogens is 1. The van der Waals surface area contributed by atoms with Crippen molar-refractivity contribution >= 4 is 11.6 Å². The minimum Gasteiger partial charge on any atom is -0.296 e. The van der Waals surface area contributed by atoms with Gasteiger partial charge in [0.25, 0.3) is 0 Å². The Bertz CT molecular complexity index is 179. The minimum absolute atomic E-state index is 0.887. The standard InChI is InChI=1S/C10H16ClN/c11-6-2-7-12-8-5-9-3-1-4-10(9)12/h2,6,9-10H,1,3-5,7-8H2/b6-2+. The summed E-state index contributed by atoms with van der Waals surface area (Å²) in [6.07, 6.45) is 7.80. The first kappa shape index (κ1) is 8.58. The van der Waals surface area contributed by atoms with Gasteiger partial charge in [-0.2, -0.15) is 0 Å². The van der Waals surface area contributed by atoms with E-state index in [9.17, 15) is 0 Å². The van der Waals surface area contributed by atoms with Crippen LogP contribution in [0.1, 0.15) is 25.7 Å². The molecular weight excluding hydrogens is 170 g/mol. The van der Waals surface area contributed by atoms with Gasteiger partial charge in [0.1, 0.15) is 0 Å². The molecule has 2 fully saturated rings. The molecule has 1 saturated heterocycles. The second-order valence-electron chi connectivity index (χ2n) is 3.90. The van der Waals surface area contributed by atoms with Crippen LogP contribution >= 0.6 is 11.6 Å². The van der Waals surface area contributed by atoms with Crippen LogP contribution in [-0.2, 0) is 0 Å². The summed E-state index contributed by atoms with van der Waals surface area (Å²) in [5, 5.41) is 0.